The number of phosphoric ester groups is 1. The first-order chi connectivity index (χ1) is 15.8. The summed E-state index contributed by atoms with van der Waals surface area (Å²) in [5.74, 6) is 0.539. The van der Waals surface area contributed by atoms with Gasteiger partial charge in [0, 0.05) is 11.8 Å². The third-order valence-corrected chi connectivity index (χ3v) is 6.42. The minimum Gasteiger partial charge on any atom is -0.504 e. The van der Waals surface area contributed by atoms with Gasteiger partial charge >= 0.3 is 14.0 Å². The van der Waals surface area contributed by atoms with Crippen LogP contribution in [0.25, 0.3) is 12.2 Å². The number of allylic oxidation sites excluding steroid dienone is 2. The van der Waals surface area contributed by atoms with Crippen molar-refractivity contribution in [2.75, 3.05) is 14.2 Å². The summed E-state index contributed by atoms with van der Waals surface area (Å²) in [6.45, 7) is 0. The lowest BCUT2D eigenvalue weighted by Crippen LogP contribution is -2.34. The van der Waals surface area contributed by atoms with Crippen LogP contribution in [0.2, 0.25) is 0 Å². The van der Waals surface area contributed by atoms with Crippen molar-refractivity contribution < 1.29 is 42.3 Å². The van der Waals surface area contributed by atoms with Crippen molar-refractivity contribution in [1.29, 1.82) is 0 Å². The molecule has 0 amide bonds. The minimum atomic E-state index is -3.92. The molecule has 2 aliphatic rings. The largest absolute Gasteiger partial charge is 0.656 e. The number of phenols is 1. The molecule has 1 aliphatic heterocycles. The molecule has 10 heteroatoms. The first kappa shape index (κ1) is 22.5. The molecule has 33 heavy (non-hydrogen) atoms. The van der Waals surface area contributed by atoms with E-state index in [9.17, 15) is 19.3 Å². The lowest BCUT2D eigenvalue weighted by molar-refractivity contribution is -0.131. The Balaban J connectivity index is 1.36. The fraction of sp³-hybridized carbons (Fsp3) is 0.217. The molecule has 4 rings (SSSR count). The number of carbonyl (C=O) groups excluding carboxylic acids is 2. The van der Waals surface area contributed by atoms with E-state index in [4.69, 9.17) is 14.0 Å². The van der Waals surface area contributed by atoms with Gasteiger partial charge < -0.3 is 28.2 Å². The zero-order valence-corrected chi connectivity index (χ0v) is 18.7. The Morgan fingerprint density at radius 3 is 2.03 bits per heavy atom. The molecular formula is C23H21O9P. The quantitative estimate of drug-likeness (QED) is 0.530. The predicted octanol–water partition coefficient (Wildman–Crippen LogP) is 4.99. The molecule has 9 nitrogen and oxygen atoms in total. The SMILES string of the molecule is COc1cc(/C=C/C2CC(/C=C/c3ccc(OP4(=O)OC(=O)O4)c(OC)c3)C2=O)ccc1O. The maximum Gasteiger partial charge on any atom is 0.656 e. The van der Waals surface area contributed by atoms with Crippen LogP contribution < -0.4 is 14.0 Å². The smallest absolute Gasteiger partial charge is 0.504 e. The Morgan fingerprint density at radius 2 is 1.48 bits per heavy atom. The number of Topliss-reactive ketones (excluding diaryl/α,β-unsaturated/α-hetero) is 1. The number of carbonyl (C=O) groups is 2. The van der Waals surface area contributed by atoms with E-state index in [0.29, 0.717) is 12.2 Å². The molecule has 2 aromatic rings. The molecule has 1 aliphatic carbocycles. The summed E-state index contributed by atoms with van der Waals surface area (Å²) in [5.41, 5.74) is 1.57. The second kappa shape index (κ2) is 9.03. The van der Waals surface area contributed by atoms with Gasteiger partial charge in [-0.25, -0.2) is 4.79 Å². The van der Waals surface area contributed by atoms with Crippen LogP contribution in [0.15, 0.2) is 48.6 Å². The van der Waals surface area contributed by atoms with Gasteiger partial charge in [-0.05, 0) is 41.8 Å². The summed E-state index contributed by atoms with van der Waals surface area (Å²) >= 11 is 0. The molecule has 2 unspecified atom stereocenters. The molecule has 0 aromatic heterocycles. The molecule has 1 N–H and O–H groups in total. The van der Waals surface area contributed by atoms with E-state index in [1.807, 2.05) is 18.2 Å². The lowest BCUT2D eigenvalue weighted by Gasteiger charge is -2.29. The van der Waals surface area contributed by atoms with Gasteiger partial charge in [0.15, 0.2) is 23.0 Å². The summed E-state index contributed by atoms with van der Waals surface area (Å²) in [4.78, 5) is 23.2. The highest BCUT2D eigenvalue weighted by Crippen LogP contribution is 2.58. The van der Waals surface area contributed by atoms with E-state index in [1.54, 1.807) is 36.4 Å². The monoisotopic (exact) mass is 472 g/mol. The average Bonchev–Trinajstić information content (AvgIpc) is 2.78. The highest BCUT2D eigenvalue weighted by molar-refractivity contribution is 7.52. The second-order valence-electron chi connectivity index (χ2n) is 7.38. The van der Waals surface area contributed by atoms with Crippen molar-refractivity contribution in [3.8, 4) is 23.0 Å². The van der Waals surface area contributed by atoms with Crippen LogP contribution >= 0.6 is 7.82 Å². The van der Waals surface area contributed by atoms with E-state index in [0.717, 1.165) is 11.1 Å². The Morgan fingerprint density at radius 1 is 0.909 bits per heavy atom. The van der Waals surface area contributed by atoms with Crippen molar-refractivity contribution in [3.63, 3.8) is 0 Å². The maximum absolute atomic E-state index is 12.5. The van der Waals surface area contributed by atoms with Crippen LogP contribution in [0.5, 0.6) is 23.0 Å². The maximum atomic E-state index is 12.5. The number of ether oxygens (including phenoxy) is 2. The third-order valence-electron chi connectivity index (χ3n) is 5.26. The highest BCUT2D eigenvalue weighted by Gasteiger charge is 2.49. The van der Waals surface area contributed by atoms with Crippen molar-refractivity contribution in [2.45, 2.75) is 6.42 Å². The molecule has 1 heterocycles. The summed E-state index contributed by atoms with van der Waals surface area (Å²) in [7, 11) is -1.03. The topological polar surface area (TPSA) is 118 Å². The van der Waals surface area contributed by atoms with Gasteiger partial charge in [0.2, 0.25) is 0 Å². The van der Waals surface area contributed by atoms with Gasteiger partial charge in [-0.15, -0.1) is 0 Å². The van der Waals surface area contributed by atoms with E-state index < -0.39 is 14.0 Å². The van der Waals surface area contributed by atoms with E-state index in [-0.39, 0.29) is 34.9 Å². The molecular weight excluding hydrogens is 451 g/mol. The first-order valence-electron chi connectivity index (χ1n) is 9.98. The van der Waals surface area contributed by atoms with Crippen LogP contribution in [-0.2, 0) is 18.4 Å². The van der Waals surface area contributed by atoms with Crippen LogP contribution in [0.1, 0.15) is 17.5 Å². The number of aromatic hydroxyl groups is 1. The highest BCUT2D eigenvalue weighted by atomic mass is 31.2. The fourth-order valence-electron chi connectivity index (χ4n) is 3.43. The van der Waals surface area contributed by atoms with E-state index >= 15 is 0 Å². The normalized spacial score (nSPS) is 21.2. The van der Waals surface area contributed by atoms with Crippen LogP contribution in [-0.4, -0.2) is 31.3 Å². The van der Waals surface area contributed by atoms with Crippen molar-refractivity contribution in [2.24, 2.45) is 11.8 Å². The zero-order valence-electron chi connectivity index (χ0n) is 17.8. The molecule has 172 valence electrons. The molecule has 0 spiro atoms. The standard InChI is InChI=1S/C23H21O9P/c1-28-20-11-14(5-9-18(20)24)3-7-16-13-17(22(16)25)8-4-15-6-10-19(21(12-15)29-2)30-33(27)31-23(26)32-33/h3-12,16-17,24H,13H2,1-2H3/b7-3+,8-4+. The number of phosphoric acid groups is 1. The Labute approximate surface area is 189 Å². The number of hydrogen-bond donors (Lipinski definition) is 1. The zero-order chi connectivity index (χ0) is 23.6. The van der Waals surface area contributed by atoms with Crippen LogP contribution in [0.3, 0.4) is 0 Å². The third kappa shape index (κ3) is 4.88. The summed E-state index contributed by atoms with van der Waals surface area (Å²) < 4.78 is 36.1. The number of rotatable bonds is 8. The molecule has 2 aromatic carbocycles. The van der Waals surface area contributed by atoms with Crippen molar-refractivity contribution in [1.82, 2.24) is 0 Å². The fourth-order valence-corrected chi connectivity index (χ4v) is 4.28. The number of methoxy groups -OCH3 is 2. The predicted molar refractivity (Wildman–Crippen MR) is 118 cm³/mol. The minimum absolute atomic E-state index is 0.0600. The van der Waals surface area contributed by atoms with Crippen LogP contribution in [0.4, 0.5) is 4.79 Å². The second-order valence-corrected chi connectivity index (χ2v) is 8.82. The van der Waals surface area contributed by atoms with Gasteiger partial charge in [0.25, 0.3) is 0 Å². The first-order valence-corrected chi connectivity index (χ1v) is 11.4. The number of hydrogen-bond acceptors (Lipinski definition) is 9. The van der Waals surface area contributed by atoms with Gasteiger partial charge in [0.1, 0.15) is 5.78 Å². The molecule has 2 atom stereocenters. The van der Waals surface area contributed by atoms with Gasteiger partial charge in [-0.2, -0.15) is 4.57 Å². The molecule has 0 bridgehead atoms. The van der Waals surface area contributed by atoms with Gasteiger partial charge in [-0.3, -0.25) is 4.79 Å². The van der Waals surface area contributed by atoms with Gasteiger partial charge in [-0.1, -0.05) is 36.4 Å². The molecule has 0 radical (unpaired) electrons. The van der Waals surface area contributed by atoms with E-state index in [1.165, 1.54) is 20.3 Å². The molecule has 1 saturated carbocycles. The van der Waals surface area contributed by atoms with Crippen molar-refractivity contribution >= 4 is 31.9 Å². The van der Waals surface area contributed by atoms with Crippen molar-refractivity contribution in [3.05, 3.63) is 59.7 Å². The Bertz CT molecular complexity index is 1190. The summed E-state index contributed by atoms with van der Waals surface area (Å²) in [6, 6.07) is 9.81. The molecule has 1 saturated heterocycles. The summed E-state index contributed by atoms with van der Waals surface area (Å²) in [5, 5.41) is 9.66. The summed E-state index contributed by atoms with van der Waals surface area (Å²) in [6.07, 6.45) is 6.93. The Hall–Kier alpha value is -3.71. The number of ketones is 1. The van der Waals surface area contributed by atoms with Crippen LogP contribution in [0, 0.1) is 11.8 Å². The molecule has 2 fully saturated rings. The Kier molecular flexibility index (Phi) is 6.16. The van der Waals surface area contributed by atoms with Gasteiger partial charge in [0.05, 0.1) is 14.2 Å². The number of phenolic OH excluding ortho intramolecular Hbond substituents is 1. The average molecular weight is 472 g/mol. The lowest BCUT2D eigenvalue weighted by atomic mass is 9.73. The van der Waals surface area contributed by atoms with E-state index in [2.05, 4.69) is 9.05 Å². The number of benzene rings is 2.